The van der Waals surface area contributed by atoms with Crippen molar-refractivity contribution in [2.45, 2.75) is 13.0 Å². The summed E-state index contributed by atoms with van der Waals surface area (Å²) in [5.41, 5.74) is -0.566. The molecule has 29 heavy (non-hydrogen) atoms. The summed E-state index contributed by atoms with van der Waals surface area (Å²) in [6, 6.07) is 14.4. The molecule has 3 rings (SSSR count). The molecule has 0 radical (unpaired) electrons. The first-order valence-corrected chi connectivity index (χ1v) is 8.60. The van der Waals surface area contributed by atoms with Gasteiger partial charge in [0.25, 0.3) is 5.91 Å². The minimum atomic E-state index is -1.71. The van der Waals surface area contributed by atoms with Crippen molar-refractivity contribution in [2.24, 2.45) is 0 Å². The molecule has 0 aliphatic rings. The highest BCUT2D eigenvalue weighted by atomic mass is 19.2. The third-order valence-corrected chi connectivity index (χ3v) is 4.05. The molecule has 1 N–H and O–H groups in total. The van der Waals surface area contributed by atoms with Gasteiger partial charge in [-0.3, -0.25) is 4.79 Å². The van der Waals surface area contributed by atoms with E-state index in [0.29, 0.717) is 11.8 Å². The van der Waals surface area contributed by atoms with Gasteiger partial charge in [-0.05, 0) is 42.0 Å². The zero-order chi connectivity index (χ0) is 21.0. The summed E-state index contributed by atoms with van der Waals surface area (Å²) < 4.78 is 50.0. The van der Waals surface area contributed by atoms with Crippen LogP contribution in [0.4, 0.5) is 18.9 Å². The largest absolute Gasteiger partial charge is 0.482 e. The van der Waals surface area contributed by atoms with Crippen molar-refractivity contribution in [1.29, 1.82) is 0 Å². The monoisotopic (exact) mass is 403 g/mol. The van der Waals surface area contributed by atoms with Crippen LogP contribution in [-0.4, -0.2) is 24.6 Å². The highest BCUT2D eigenvalue weighted by Gasteiger charge is 2.21. The molecule has 5 nitrogen and oxygen atoms in total. The van der Waals surface area contributed by atoms with Crippen molar-refractivity contribution in [2.75, 3.05) is 11.9 Å². The average Bonchev–Trinajstić information content (AvgIpc) is 2.72. The standard InChI is InChI=1S/C21H16F3NO4/c1-12(21(27)25-17-9-8-16(22)19(23)20(17)24)29-18(26)11-28-15-7-6-13-4-2-3-5-14(13)10-15/h2-10,12H,11H2,1H3,(H,25,27)/t12-/m0/s1. The van der Waals surface area contributed by atoms with Gasteiger partial charge < -0.3 is 14.8 Å². The van der Waals surface area contributed by atoms with E-state index < -0.39 is 47.7 Å². The van der Waals surface area contributed by atoms with Crippen LogP contribution in [0.25, 0.3) is 10.8 Å². The van der Waals surface area contributed by atoms with E-state index >= 15 is 0 Å². The molecule has 0 aliphatic carbocycles. The smallest absolute Gasteiger partial charge is 0.344 e. The minimum absolute atomic E-state index is 0.446. The number of fused-ring (bicyclic) bond motifs is 1. The number of benzene rings is 3. The van der Waals surface area contributed by atoms with E-state index in [1.165, 1.54) is 6.92 Å². The Labute approximate surface area is 164 Å². The topological polar surface area (TPSA) is 64.6 Å². The van der Waals surface area contributed by atoms with Crippen LogP contribution in [0.5, 0.6) is 5.75 Å². The van der Waals surface area contributed by atoms with Gasteiger partial charge in [-0.1, -0.05) is 30.3 Å². The maximum Gasteiger partial charge on any atom is 0.344 e. The van der Waals surface area contributed by atoms with Gasteiger partial charge in [-0.15, -0.1) is 0 Å². The number of esters is 1. The summed E-state index contributed by atoms with van der Waals surface area (Å²) in [6.45, 7) is 0.802. The van der Waals surface area contributed by atoms with Crippen molar-refractivity contribution in [3.63, 3.8) is 0 Å². The number of amides is 1. The lowest BCUT2D eigenvalue weighted by Gasteiger charge is -2.14. The number of ether oxygens (including phenoxy) is 2. The number of nitrogens with one attached hydrogen (secondary N) is 1. The van der Waals surface area contributed by atoms with E-state index in [2.05, 4.69) is 0 Å². The molecule has 0 heterocycles. The van der Waals surface area contributed by atoms with Gasteiger partial charge >= 0.3 is 5.97 Å². The summed E-state index contributed by atoms with van der Waals surface area (Å²) in [5, 5.41) is 3.98. The van der Waals surface area contributed by atoms with Crippen LogP contribution in [0.3, 0.4) is 0 Å². The Hall–Kier alpha value is -3.55. The zero-order valence-corrected chi connectivity index (χ0v) is 15.2. The Kier molecular flexibility index (Phi) is 6.01. The van der Waals surface area contributed by atoms with Crippen LogP contribution >= 0.6 is 0 Å². The molecule has 3 aromatic rings. The lowest BCUT2D eigenvalue weighted by molar-refractivity contribution is -0.155. The van der Waals surface area contributed by atoms with Gasteiger partial charge in [-0.2, -0.15) is 0 Å². The second kappa shape index (κ2) is 8.64. The molecular weight excluding hydrogens is 387 g/mol. The number of carbonyl (C=O) groups is 2. The normalized spacial score (nSPS) is 11.7. The van der Waals surface area contributed by atoms with E-state index in [4.69, 9.17) is 9.47 Å². The molecule has 150 valence electrons. The Morgan fingerprint density at radius 3 is 2.45 bits per heavy atom. The fraction of sp³-hybridized carbons (Fsp3) is 0.143. The van der Waals surface area contributed by atoms with Crippen molar-refractivity contribution in [3.05, 3.63) is 72.0 Å². The maximum absolute atomic E-state index is 13.6. The summed E-state index contributed by atoms with van der Waals surface area (Å²) in [4.78, 5) is 23.9. The molecule has 0 saturated carbocycles. The van der Waals surface area contributed by atoms with Gasteiger partial charge in [0, 0.05) is 0 Å². The summed E-state index contributed by atoms with van der Waals surface area (Å²) in [7, 11) is 0. The Balaban J connectivity index is 1.54. The van der Waals surface area contributed by atoms with E-state index in [0.717, 1.165) is 16.8 Å². The molecule has 0 saturated heterocycles. The predicted molar refractivity (Wildman–Crippen MR) is 99.9 cm³/mol. The maximum atomic E-state index is 13.6. The van der Waals surface area contributed by atoms with E-state index in [9.17, 15) is 22.8 Å². The fourth-order valence-electron chi connectivity index (χ4n) is 2.54. The van der Waals surface area contributed by atoms with Crippen LogP contribution in [0, 0.1) is 17.5 Å². The van der Waals surface area contributed by atoms with Crippen LogP contribution < -0.4 is 10.1 Å². The molecular formula is C21H16F3NO4. The quantitative estimate of drug-likeness (QED) is 0.495. The predicted octanol–water partition coefficient (Wildman–Crippen LogP) is 4.21. The Bertz CT molecular complexity index is 1070. The zero-order valence-electron chi connectivity index (χ0n) is 15.2. The second-order valence-electron chi connectivity index (χ2n) is 6.14. The van der Waals surface area contributed by atoms with Crippen LogP contribution in [-0.2, 0) is 14.3 Å². The van der Waals surface area contributed by atoms with Gasteiger partial charge in [0.05, 0.1) is 5.69 Å². The number of carbonyl (C=O) groups excluding carboxylic acids is 2. The van der Waals surface area contributed by atoms with E-state index in [1.807, 2.05) is 35.6 Å². The number of anilines is 1. The first-order valence-electron chi connectivity index (χ1n) is 8.60. The van der Waals surface area contributed by atoms with Crippen LogP contribution in [0.15, 0.2) is 54.6 Å². The number of hydrogen-bond donors (Lipinski definition) is 1. The van der Waals surface area contributed by atoms with Crippen molar-refractivity contribution >= 4 is 28.3 Å². The minimum Gasteiger partial charge on any atom is -0.482 e. The third-order valence-electron chi connectivity index (χ3n) is 4.05. The van der Waals surface area contributed by atoms with Gasteiger partial charge in [0.15, 0.2) is 30.2 Å². The first-order chi connectivity index (χ1) is 13.8. The average molecular weight is 403 g/mol. The molecule has 0 aliphatic heterocycles. The van der Waals surface area contributed by atoms with Gasteiger partial charge in [0.1, 0.15) is 5.75 Å². The van der Waals surface area contributed by atoms with E-state index in [1.54, 1.807) is 12.1 Å². The molecule has 0 aromatic heterocycles. The lowest BCUT2D eigenvalue weighted by atomic mass is 10.1. The molecule has 1 amide bonds. The second-order valence-corrected chi connectivity index (χ2v) is 6.14. The first kappa shape index (κ1) is 20.2. The molecule has 0 bridgehead atoms. The summed E-state index contributed by atoms with van der Waals surface area (Å²) in [6.07, 6.45) is -1.31. The summed E-state index contributed by atoms with van der Waals surface area (Å²) >= 11 is 0. The summed E-state index contributed by atoms with van der Waals surface area (Å²) in [5.74, 6) is -5.93. The SMILES string of the molecule is C[C@H](OC(=O)COc1ccc2ccccc2c1)C(=O)Nc1ccc(F)c(F)c1F. The highest BCUT2D eigenvalue weighted by Crippen LogP contribution is 2.21. The van der Waals surface area contributed by atoms with Crippen LogP contribution in [0.1, 0.15) is 6.92 Å². The number of halogens is 3. The molecule has 3 aromatic carbocycles. The van der Waals surface area contributed by atoms with Crippen LogP contribution in [0.2, 0.25) is 0 Å². The highest BCUT2D eigenvalue weighted by molar-refractivity contribution is 5.95. The van der Waals surface area contributed by atoms with Crippen molar-refractivity contribution in [3.8, 4) is 5.75 Å². The third kappa shape index (κ3) is 4.84. The fourth-order valence-corrected chi connectivity index (χ4v) is 2.54. The lowest BCUT2D eigenvalue weighted by Crippen LogP contribution is -2.32. The Morgan fingerprint density at radius 1 is 0.966 bits per heavy atom. The molecule has 0 unspecified atom stereocenters. The molecule has 0 spiro atoms. The molecule has 1 atom stereocenters. The van der Waals surface area contributed by atoms with Crippen molar-refractivity contribution < 1.29 is 32.2 Å². The number of rotatable bonds is 6. The molecule has 0 fully saturated rings. The van der Waals surface area contributed by atoms with Crippen molar-refractivity contribution in [1.82, 2.24) is 0 Å². The Morgan fingerprint density at radius 2 is 1.69 bits per heavy atom. The van der Waals surface area contributed by atoms with E-state index in [-0.39, 0.29) is 0 Å². The molecule has 8 heteroatoms. The number of hydrogen-bond acceptors (Lipinski definition) is 4. The van der Waals surface area contributed by atoms with Gasteiger partial charge in [-0.25, -0.2) is 18.0 Å². The van der Waals surface area contributed by atoms with Gasteiger partial charge in [0.2, 0.25) is 0 Å².